The molecular formula is C52H97N3O5. The van der Waals surface area contributed by atoms with Gasteiger partial charge in [-0.15, -0.1) is 0 Å². The van der Waals surface area contributed by atoms with Gasteiger partial charge in [-0.1, -0.05) is 201 Å². The van der Waals surface area contributed by atoms with Crippen molar-refractivity contribution in [3.8, 4) is 0 Å². The quantitative estimate of drug-likeness (QED) is 0.0395. The molecule has 1 saturated heterocycles. The van der Waals surface area contributed by atoms with Crippen LogP contribution in [-0.2, 0) is 14.3 Å². The van der Waals surface area contributed by atoms with E-state index in [0.717, 1.165) is 57.7 Å². The summed E-state index contributed by atoms with van der Waals surface area (Å²) in [6.45, 7) is 13.9. The van der Waals surface area contributed by atoms with Crippen molar-refractivity contribution >= 4 is 17.3 Å². The van der Waals surface area contributed by atoms with Gasteiger partial charge in [0.15, 0.2) is 0 Å². The molecule has 0 amide bonds. The molecule has 0 radical (unpaired) electrons. The van der Waals surface area contributed by atoms with Crippen LogP contribution >= 0.6 is 0 Å². The number of rotatable bonds is 44. The molecule has 0 aromatic heterocycles. The minimum atomic E-state index is -0.370. The van der Waals surface area contributed by atoms with Gasteiger partial charge in [0.2, 0.25) is 0 Å². The first-order chi connectivity index (χ1) is 29.5. The lowest BCUT2D eigenvalue weighted by atomic mass is 9.89. The molecule has 8 nitrogen and oxygen atoms in total. The topological polar surface area (TPSA) is 88.2 Å². The van der Waals surface area contributed by atoms with Crippen LogP contribution in [0.15, 0.2) is 9.59 Å². The molecule has 1 aliphatic rings. The van der Waals surface area contributed by atoms with E-state index in [9.17, 15) is 14.4 Å². The summed E-state index contributed by atoms with van der Waals surface area (Å²) in [7, 11) is 0. The highest BCUT2D eigenvalue weighted by atomic mass is 16.5. The lowest BCUT2D eigenvalue weighted by molar-refractivity contribution is -0.143. The lowest BCUT2D eigenvalue weighted by Gasteiger charge is -2.31. The minimum Gasteiger partial charge on any atom is -0.466 e. The average Bonchev–Trinajstić information content (AvgIpc) is 3.26. The Hall–Kier alpha value is -1.93. The molecule has 1 aliphatic heterocycles. The van der Waals surface area contributed by atoms with Crippen LogP contribution in [0.1, 0.15) is 239 Å². The predicted molar refractivity (Wildman–Crippen MR) is 258 cm³/mol. The maximum atomic E-state index is 12.4. The molecule has 1 heterocycles. The third kappa shape index (κ3) is 27.2. The number of nitrogens with zero attached hydrogens (tertiary/aromatic N) is 2. The first kappa shape index (κ1) is 54.2. The zero-order valence-corrected chi connectivity index (χ0v) is 39.9. The Morgan fingerprint density at radius 1 is 0.567 bits per heavy atom. The van der Waals surface area contributed by atoms with Crippen molar-refractivity contribution in [2.24, 2.45) is 5.92 Å². The van der Waals surface area contributed by atoms with Gasteiger partial charge in [-0.2, -0.15) is 0 Å². The van der Waals surface area contributed by atoms with Gasteiger partial charge in [0.25, 0.3) is 10.9 Å². The van der Waals surface area contributed by atoms with Gasteiger partial charge in [0.05, 0.1) is 19.8 Å². The third-order valence-electron chi connectivity index (χ3n) is 13.1. The summed E-state index contributed by atoms with van der Waals surface area (Å²) in [5, 5.41) is 3.34. The van der Waals surface area contributed by atoms with E-state index < -0.39 is 0 Å². The fourth-order valence-corrected chi connectivity index (χ4v) is 9.09. The summed E-state index contributed by atoms with van der Waals surface area (Å²) in [5.74, 6) is 0.914. The molecule has 1 fully saturated rings. The van der Waals surface area contributed by atoms with Crippen LogP contribution in [0, 0.1) is 5.92 Å². The molecule has 0 aliphatic carbocycles. The van der Waals surface area contributed by atoms with E-state index in [1.807, 2.05) is 4.90 Å². The van der Waals surface area contributed by atoms with E-state index in [0.29, 0.717) is 57.3 Å². The van der Waals surface area contributed by atoms with Crippen molar-refractivity contribution in [1.29, 1.82) is 0 Å². The molecule has 0 unspecified atom stereocenters. The van der Waals surface area contributed by atoms with Gasteiger partial charge in [-0.05, 0) is 57.7 Å². The van der Waals surface area contributed by atoms with Gasteiger partial charge in [0.1, 0.15) is 11.4 Å². The Morgan fingerprint density at radius 2 is 1.00 bits per heavy atom. The molecule has 0 spiro atoms. The number of ether oxygens (including phenoxy) is 2. The second-order valence-corrected chi connectivity index (χ2v) is 18.5. The summed E-state index contributed by atoms with van der Waals surface area (Å²) in [6.07, 6.45) is 43.5. The van der Waals surface area contributed by atoms with Crippen LogP contribution in [0.25, 0.3) is 0 Å². The van der Waals surface area contributed by atoms with Gasteiger partial charge in [0, 0.05) is 26.1 Å². The Labute approximate surface area is 370 Å². The van der Waals surface area contributed by atoms with Gasteiger partial charge in [-0.25, -0.2) is 0 Å². The van der Waals surface area contributed by atoms with Crippen LogP contribution in [0.5, 0.6) is 0 Å². The van der Waals surface area contributed by atoms with E-state index in [4.69, 9.17) is 9.47 Å². The maximum absolute atomic E-state index is 12.4. The normalized spacial score (nSPS) is 13.3. The van der Waals surface area contributed by atoms with E-state index in [-0.39, 0.29) is 16.8 Å². The highest BCUT2D eigenvalue weighted by Gasteiger charge is 2.27. The largest absolute Gasteiger partial charge is 0.466 e. The van der Waals surface area contributed by atoms with Gasteiger partial charge >= 0.3 is 5.97 Å². The summed E-state index contributed by atoms with van der Waals surface area (Å²) in [5.41, 5.74) is 0.354. The summed E-state index contributed by atoms with van der Waals surface area (Å²) < 4.78 is 10.9. The predicted octanol–water partition coefficient (Wildman–Crippen LogP) is 13.3. The number of hydrogen-bond acceptors (Lipinski definition) is 8. The molecule has 1 aromatic carbocycles. The molecule has 1 aromatic rings. The van der Waals surface area contributed by atoms with E-state index in [2.05, 4.69) is 31.0 Å². The van der Waals surface area contributed by atoms with Crippen LogP contribution in [-0.4, -0.2) is 70.0 Å². The number of anilines is 2. The molecule has 0 atom stereocenters. The molecule has 0 saturated carbocycles. The SMILES string of the molecule is CCCCCCCCCOC(=O)CCCCCCCN(CCCCCCCC(CCCCCCCC)CCCCCCCC)CCCNc1c(N2CCOCC2)c(=O)c1=O. The number of hydrogen-bond donors (Lipinski definition) is 1. The van der Waals surface area contributed by atoms with Gasteiger partial charge in [-0.3, -0.25) is 14.4 Å². The van der Waals surface area contributed by atoms with E-state index >= 15 is 0 Å². The third-order valence-corrected chi connectivity index (χ3v) is 13.1. The Bertz CT molecular complexity index is 1180. The first-order valence-electron chi connectivity index (χ1n) is 26.3. The maximum Gasteiger partial charge on any atom is 0.305 e. The smallest absolute Gasteiger partial charge is 0.305 e. The second-order valence-electron chi connectivity index (χ2n) is 18.5. The molecule has 8 heteroatoms. The highest BCUT2D eigenvalue weighted by Crippen LogP contribution is 2.25. The first-order valence-corrected chi connectivity index (χ1v) is 26.3. The summed E-state index contributed by atoms with van der Waals surface area (Å²) in [6, 6.07) is 0. The van der Waals surface area contributed by atoms with Crippen molar-refractivity contribution in [1.82, 2.24) is 4.90 Å². The lowest BCUT2D eigenvalue weighted by Crippen LogP contribution is -2.47. The zero-order valence-electron chi connectivity index (χ0n) is 39.9. The number of esters is 1. The average molecular weight is 844 g/mol. The fraction of sp³-hybridized carbons (Fsp3) is 0.904. The summed E-state index contributed by atoms with van der Waals surface area (Å²) in [4.78, 5) is 41.7. The van der Waals surface area contributed by atoms with E-state index in [1.54, 1.807) is 0 Å². The molecule has 60 heavy (non-hydrogen) atoms. The number of morpholine rings is 1. The summed E-state index contributed by atoms with van der Waals surface area (Å²) >= 11 is 0. The number of carbonyl (C=O) groups excluding carboxylic acids is 1. The Kier molecular flexibility index (Phi) is 35.0. The Balaban J connectivity index is 1.70. The molecular weight excluding hydrogens is 747 g/mol. The second kappa shape index (κ2) is 38.7. The van der Waals surface area contributed by atoms with Crippen LogP contribution in [0.3, 0.4) is 0 Å². The zero-order chi connectivity index (χ0) is 43.1. The fourth-order valence-electron chi connectivity index (χ4n) is 9.09. The molecule has 0 bridgehead atoms. The van der Waals surface area contributed by atoms with Crippen molar-refractivity contribution in [3.63, 3.8) is 0 Å². The Morgan fingerprint density at radius 3 is 1.52 bits per heavy atom. The van der Waals surface area contributed by atoms with Crippen molar-refractivity contribution in [2.45, 2.75) is 239 Å². The van der Waals surface area contributed by atoms with Crippen molar-refractivity contribution in [3.05, 3.63) is 20.4 Å². The molecule has 1 N–H and O–H groups in total. The van der Waals surface area contributed by atoms with Crippen LogP contribution in [0.4, 0.5) is 11.4 Å². The van der Waals surface area contributed by atoms with Crippen LogP contribution < -0.4 is 21.1 Å². The van der Waals surface area contributed by atoms with Crippen LogP contribution in [0.2, 0.25) is 0 Å². The monoisotopic (exact) mass is 844 g/mol. The number of carbonyl (C=O) groups is 1. The minimum absolute atomic E-state index is 0.0253. The number of unbranched alkanes of at least 4 members (excludes halogenated alkanes) is 24. The standard InChI is InChI=1S/C52H97N3O5/c1-4-7-10-13-16-25-32-44-60-48(56)37-29-22-18-24-31-40-54(41-33-38-53-49-50(52(58)51(49)57)55-42-45-59-46-43-55)39-30-23-17-21-28-36-47(34-26-19-14-11-8-5-2)35-27-20-15-12-9-6-3/h47,53H,4-46H2,1-3H3. The highest BCUT2D eigenvalue weighted by molar-refractivity contribution is 5.75. The molecule has 2 rings (SSSR count). The number of nitrogens with one attached hydrogen (secondary N) is 1. The van der Waals surface area contributed by atoms with E-state index in [1.165, 1.54) is 180 Å². The van der Waals surface area contributed by atoms with Gasteiger partial charge < -0.3 is 24.6 Å². The molecule has 350 valence electrons. The van der Waals surface area contributed by atoms with Crippen molar-refractivity contribution in [2.75, 3.05) is 69.3 Å². The van der Waals surface area contributed by atoms with Crippen molar-refractivity contribution < 1.29 is 14.3 Å².